The first kappa shape index (κ1) is 19.0. The van der Waals surface area contributed by atoms with Crippen LogP contribution in [-0.2, 0) is 20.7 Å². The van der Waals surface area contributed by atoms with E-state index in [1.165, 1.54) is 20.4 Å². The summed E-state index contributed by atoms with van der Waals surface area (Å²) in [6, 6.07) is 0.657. The lowest BCUT2D eigenvalue weighted by Gasteiger charge is -2.23. The number of ether oxygens (including phenoxy) is 3. The van der Waals surface area contributed by atoms with Crippen LogP contribution >= 0.6 is 11.6 Å². The summed E-state index contributed by atoms with van der Waals surface area (Å²) in [6.07, 6.45) is 0.808. The van der Waals surface area contributed by atoms with Gasteiger partial charge in [-0.2, -0.15) is 0 Å². The van der Waals surface area contributed by atoms with Crippen molar-refractivity contribution in [1.29, 1.82) is 0 Å². The molecule has 0 aliphatic carbocycles. The van der Waals surface area contributed by atoms with E-state index in [9.17, 15) is 9.59 Å². The number of halogens is 1. The lowest BCUT2D eigenvalue weighted by atomic mass is 10.1. The number of amides is 1. The van der Waals surface area contributed by atoms with Gasteiger partial charge in [-0.1, -0.05) is 11.6 Å². The van der Waals surface area contributed by atoms with Crippen molar-refractivity contribution < 1.29 is 23.8 Å². The van der Waals surface area contributed by atoms with Gasteiger partial charge in [-0.3, -0.25) is 0 Å². The fraction of sp³-hybridized carbons (Fsp3) is 0.533. The fourth-order valence-corrected chi connectivity index (χ4v) is 1.98. The van der Waals surface area contributed by atoms with Gasteiger partial charge in [-0.05, 0) is 26.8 Å². The molecule has 1 amide bonds. The SMILES string of the molecule is COC(=O)[C@H](Cc1cc(Cl)cnc1OC)NC(=O)OC(C)(C)C. The zero-order valence-electron chi connectivity index (χ0n) is 13.8. The summed E-state index contributed by atoms with van der Waals surface area (Å²) >= 11 is 5.92. The number of methoxy groups -OCH3 is 2. The Bertz CT molecular complexity index is 571. The van der Waals surface area contributed by atoms with Gasteiger partial charge < -0.3 is 19.5 Å². The molecule has 0 aromatic carbocycles. The minimum atomic E-state index is -0.955. The summed E-state index contributed by atoms with van der Waals surface area (Å²) in [4.78, 5) is 27.8. The highest BCUT2D eigenvalue weighted by Gasteiger charge is 2.26. The van der Waals surface area contributed by atoms with Crippen LogP contribution < -0.4 is 10.1 Å². The van der Waals surface area contributed by atoms with Crippen LogP contribution in [-0.4, -0.2) is 42.9 Å². The Hall–Kier alpha value is -2.02. The van der Waals surface area contributed by atoms with Crippen molar-refractivity contribution in [1.82, 2.24) is 10.3 Å². The Labute approximate surface area is 140 Å². The number of nitrogens with zero attached hydrogens (tertiary/aromatic N) is 1. The Morgan fingerprint density at radius 1 is 1.35 bits per heavy atom. The number of hydrogen-bond acceptors (Lipinski definition) is 6. The molecule has 1 rings (SSSR count). The Kier molecular flexibility index (Phi) is 6.62. The van der Waals surface area contributed by atoms with E-state index in [0.717, 1.165) is 0 Å². The van der Waals surface area contributed by atoms with E-state index in [0.29, 0.717) is 16.5 Å². The molecule has 0 aliphatic rings. The van der Waals surface area contributed by atoms with Gasteiger partial charge in [0, 0.05) is 18.2 Å². The molecule has 0 radical (unpaired) electrons. The van der Waals surface area contributed by atoms with Crippen molar-refractivity contribution in [3.05, 3.63) is 22.8 Å². The van der Waals surface area contributed by atoms with Crippen LogP contribution in [0.15, 0.2) is 12.3 Å². The molecule has 0 spiro atoms. The predicted octanol–water partition coefficient (Wildman–Crippen LogP) is 2.35. The van der Waals surface area contributed by atoms with Gasteiger partial charge >= 0.3 is 12.1 Å². The van der Waals surface area contributed by atoms with Crippen molar-refractivity contribution in [3.63, 3.8) is 0 Å². The number of rotatable bonds is 5. The van der Waals surface area contributed by atoms with Crippen LogP contribution in [0.2, 0.25) is 5.02 Å². The molecular formula is C15H21ClN2O5. The number of aromatic nitrogens is 1. The molecule has 0 saturated carbocycles. The third-order valence-electron chi connectivity index (χ3n) is 2.69. The Morgan fingerprint density at radius 2 is 2.00 bits per heavy atom. The maximum Gasteiger partial charge on any atom is 0.408 e. The second-order valence-electron chi connectivity index (χ2n) is 5.75. The van der Waals surface area contributed by atoms with Crippen molar-refractivity contribution in [2.45, 2.75) is 38.8 Å². The lowest BCUT2D eigenvalue weighted by molar-refractivity contribution is -0.143. The largest absolute Gasteiger partial charge is 0.481 e. The van der Waals surface area contributed by atoms with Crippen LogP contribution in [0.4, 0.5) is 4.79 Å². The van der Waals surface area contributed by atoms with Gasteiger partial charge in [0.15, 0.2) is 0 Å². The molecule has 0 aliphatic heterocycles. The van der Waals surface area contributed by atoms with E-state index < -0.39 is 23.7 Å². The first-order valence-electron chi connectivity index (χ1n) is 6.92. The van der Waals surface area contributed by atoms with Crippen molar-refractivity contribution in [2.75, 3.05) is 14.2 Å². The normalized spacial score (nSPS) is 12.3. The van der Waals surface area contributed by atoms with E-state index in [1.54, 1.807) is 26.8 Å². The quantitative estimate of drug-likeness (QED) is 0.825. The molecule has 8 heteroatoms. The molecule has 1 atom stereocenters. The average Bonchev–Trinajstić information content (AvgIpc) is 2.44. The van der Waals surface area contributed by atoms with Crippen LogP contribution in [0.1, 0.15) is 26.3 Å². The molecule has 128 valence electrons. The molecule has 0 fully saturated rings. The van der Waals surface area contributed by atoms with Crippen molar-refractivity contribution >= 4 is 23.7 Å². The zero-order chi connectivity index (χ0) is 17.6. The number of carbonyl (C=O) groups is 2. The Morgan fingerprint density at radius 3 is 2.52 bits per heavy atom. The van der Waals surface area contributed by atoms with Crippen LogP contribution in [0.5, 0.6) is 5.88 Å². The number of carbonyl (C=O) groups excluding carboxylic acids is 2. The standard InChI is InChI=1S/C15H21ClN2O5/c1-15(2,3)23-14(20)18-11(13(19)22-5)7-9-6-10(16)8-17-12(9)21-4/h6,8,11H,7H2,1-5H3,(H,18,20)/t11-/m0/s1. The van der Waals surface area contributed by atoms with Crippen molar-refractivity contribution in [3.8, 4) is 5.88 Å². The highest BCUT2D eigenvalue weighted by Crippen LogP contribution is 2.21. The average molecular weight is 345 g/mol. The topological polar surface area (TPSA) is 86.8 Å². The third kappa shape index (κ3) is 6.32. The molecular weight excluding hydrogens is 324 g/mol. The van der Waals surface area contributed by atoms with Crippen LogP contribution in [0, 0.1) is 0 Å². The summed E-state index contributed by atoms with van der Waals surface area (Å²) < 4.78 is 15.0. The lowest BCUT2D eigenvalue weighted by Crippen LogP contribution is -2.45. The van der Waals surface area contributed by atoms with E-state index in [4.69, 9.17) is 25.8 Å². The summed E-state index contributed by atoms with van der Waals surface area (Å²) in [5.74, 6) is -0.299. The predicted molar refractivity (Wildman–Crippen MR) is 84.7 cm³/mol. The highest BCUT2D eigenvalue weighted by atomic mass is 35.5. The second kappa shape index (κ2) is 8.01. The van der Waals surface area contributed by atoms with E-state index in [1.807, 2.05) is 0 Å². The summed E-state index contributed by atoms with van der Waals surface area (Å²) in [5, 5.41) is 2.87. The van der Waals surface area contributed by atoms with E-state index in [2.05, 4.69) is 10.3 Å². The molecule has 0 bridgehead atoms. The maximum absolute atomic E-state index is 11.9. The van der Waals surface area contributed by atoms with Gasteiger partial charge in [0.25, 0.3) is 0 Å². The fourth-order valence-electron chi connectivity index (χ4n) is 1.80. The molecule has 1 aromatic rings. The van der Waals surface area contributed by atoms with Gasteiger partial charge in [0.1, 0.15) is 11.6 Å². The van der Waals surface area contributed by atoms with E-state index in [-0.39, 0.29) is 6.42 Å². The number of alkyl carbamates (subject to hydrolysis) is 1. The molecule has 1 aromatic heterocycles. The zero-order valence-corrected chi connectivity index (χ0v) is 14.6. The summed E-state index contributed by atoms with van der Waals surface area (Å²) in [7, 11) is 2.69. The van der Waals surface area contributed by atoms with Crippen molar-refractivity contribution in [2.24, 2.45) is 0 Å². The minimum absolute atomic E-state index is 0.0999. The first-order chi connectivity index (χ1) is 10.7. The summed E-state index contributed by atoms with van der Waals surface area (Å²) in [5.41, 5.74) is -0.119. The molecule has 7 nitrogen and oxygen atoms in total. The minimum Gasteiger partial charge on any atom is -0.481 e. The Balaban J connectivity index is 2.94. The second-order valence-corrected chi connectivity index (χ2v) is 6.18. The maximum atomic E-state index is 11.9. The smallest absolute Gasteiger partial charge is 0.408 e. The third-order valence-corrected chi connectivity index (χ3v) is 2.89. The van der Waals surface area contributed by atoms with Gasteiger partial charge in [0.05, 0.1) is 19.2 Å². The van der Waals surface area contributed by atoms with Gasteiger partial charge in [0.2, 0.25) is 5.88 Å². The van der Waals surface area contributed by atoms with Gasteiger partial charge in [-0.25, -0.2) is 14.6 Å². The summed E-state index contributed by atoms with van der Waals surface area (Å²) in [6.45, 7) is 5.18. The van der Waals surface area contributed by atoms with Crippen LogP contribution in [0.3, 0.4) is 0 Å². The number of esters is 1. The number of pyridine rings is 1. The number of hydrogen-bond donors (Lipinski definition) is 1. The molecule has 1 heterocycles. The number of nitrogens with one attached hydrogen (secondary N) is 1. The monoisotopic (exact) mass is 344 g/mol. The molecule has 23 heavy (non-hydrogen) atoms. The molecule has 0 unspecified atom stereocenters. The highest BCUT2D eigenvalue weighted by molar-refractivity contribution is 6.30. The van der Waals surface area contributed by atoms with Crippen LogP contribution in [0.25, 0.3) is 0 Å². The van der Waals surface area contributed by atoms with E-state index >= 15 is 0 Å². The first-order valence-corrected chi connectivity index (χ1v) is 7.30. The molecule has 0 saturated heterocycles. The van der Waals surface area contributed by atoms with Gasteiger partial charge in [-0.15, -0.1) is 0 Å². The molecule has 1 N–H and O–H groups in total.